The molecule has 0 aliphatic rings. The van der Waals surface area contributed by atoms with Crippen molar-refractivity contribution in [3.05, 3.63) is 0 Å². The normalized spacial score (nSPS) is 13.7. The van der Waals surface area contributed by atoms with Crippen molar-refractivity contribution >= 4 is 5.91 Å². The molecule has 0 aromatic rings. The number of carbonyl (C=O) groups is 1. The molecule has 0 bridgehead atoms. The van der Waals surface area contributed by atoms with Gasteiger partial charge >= 0.3 is 0 Å². The van der Waals surface area contributed by atoms with E-state index in [1.165, 1.54) is 51.4 Å². The lowest BCUT2D eigenvalue weighted by Gasteiger charge is -2.22. The highest BCUT2D eigenvalue weighted by Crippen LogP contribution is 2.13. The van der Waals surface area contributed by atoms with Crippen LogP contribution in [0.1, 0.15) is 97.3 Å². The third kappa shape index (κ3) is 13.5. The molecule has 0 saturated carbocycles. The Hall–Kier alpha value is -0.610. The van der Waals surface area contributed by atoms with E-state index in [4.69, 9.17) is 0 Å². The second-order valence-electron chi connectivity index (χ2n) is 6.64. The van der Waals surface area contributed by atoms with Gasteiger partial charge in [0.2, 0.25) is 5.91 Å². The zero-order chi connectivity index (χ0) is 17.3. The highest BCUT2D eigenvalue weighted by atomic mass is 16.3. The number of amides is 1. The summed E-state index contributed by atoms with van der Waals surface area (Å²) >= 11 is 0. The van der Waals surface area contributed by atoms with Gasteiger partial charge in [0.15, 0.2) is 0 Å². The van der Waals surface area contributed by atoms with Crippen LogP contribution in [0, 0.1) is 0 Å². The summed E-state index contributed by atoms with van der Waals surface area (Å²) in [4.78, 5) is 11.5. The molecular weight excluding hydrogens is 290 g/mol. The van der Waals surface area contributed by atoms with Crippen molar-refractivity contribution in [3.63, 3.8) is 0 Å². The zero-order valence-corrected chi connectivity index (χ0v) is 15.4. The smallest absolute Gasteiger partial charge is 0.220 e. The first-order valence-electron chi connectivity index (χ1n) is 9.73. The molecule has 0 radical (unpaired) electrons. The Bertz CT molecular complexity index is 271. The summed E-state index contributed by atoms with van der Waals surface area (Å²) in [6.45, 7) is 3.98. The monoisotopic (exact) mass is 329 g/mol. The summed E-state index contributed by atoms with van der Waals surface area (Å²) in [6, 6.07) is -0.521. The fourth-order valence-corrected chi connectivity index (χ4v) is 2.81. The van der Waals surface area contributed by atoms with E-state index in [0.29, 0.717) is 12.8 Å². The van der Waals surface area contributed by atoms with E-state index in [9.17, 15) is 15.0 Å². The van der Waals surface area contributed by atoms with Gasteiger partial charge in [0.25, 0.3) is 0 Å². The highest BCUT2D eigenvalue weighted by Gasteiger charge is 2.19. The second kappa shape index (κ2) is 16.3. The first-order chi connectivity index (χ1) is 11.2. The van der Waals surface area contributed by atoms with Crippen LogP contribution < -0.4 is 5.32 Å². The maximum atomic E-state index is 11.5. The maximum absolute atomic E-state index is 11.5. The van der Waals surface area contributed by atoms with Crippen molar-refractivity contribution in [1.82, 2.24) is 5.32 Å². The molecule has 23 heavy (non-hydrogen) atoms. The lowest BCUT2D eigenvalue weighted by molar-refractivity contribution is -0.123. The standard InChI is InChI=1S/C19H39NO3/c1-3-5-6-7-8-9-10-11-12-13-15-18(22)17(16-21)20-19(23)14-4-2/h17-18,21-22H,3-16H2,1-2H3,(H,20,23). The molecule has 4 nitrogen and oxygen atoms in total. The number of hydrogen-bond acceptors (Lipinski definition) is 3. The van der Waals surface area contributed by atoms with Crippen molar-refractivity contribution in [2.45, 2.75) is 109 Å². The molecule has 138 valence electrons. The third-order valence-electron chi connectivity index (χ3n) is 4.34. The van der Waals surface area contributed by atoms with Crippen molar-refractivity contribution in [2.75, 3.05) is 6.61 Å². The summed E-state index contributed by atoms with van der Waals surface area (Å²) in [5.74, 6) is -0.0892. The van der Waals surface area contributed by atoms with E-state index < -0.39 is 12.1 Å². The van der Waals surface area contributed by atoms with Crippen LogP contribution in [0.4, 0.5) is 0 Å². The number of carbonyl (C=O) groups excluding carboxylic acids is 1. The Morgan fingerprint density at radius 3 is 1.87 bits per heavy atom. The van der Waals surface area contributed by atoms with Gasteiger partial charge in [-0.3, -0.25) is 4.79 Å². The average molecular weight is 330 g/mol. The third-order valence-corrected chi connectivity index (χ3v) is 4.34. The minimum Gasteiger partial charge on any atom is -0.394 e. The van der Waals surface area contributed by atoms with Gasteiger partial charge in [-0.2, -0.15) is 0 Å². The molecule has 2 unspecified atom stereocenters. The van der Waals surface area contributed by atoms with Crippen LogP contribution >= 0.6 is 0 Å². The van der Waals surface area contributed by atoms with E-state index in [2.05, 4.69) is 12.2 Å². The van der Waals surface area contributed by atoms with Gasteiger partial charge in [0, 0.05) is 6.42 Å². The van der Waals surface area contributed by atoms with Crippen molar-refractivity contribution < 1.29 is 15.0 Å². The summed E-state index contributed by atoms with van der Waals surface area (Å²) in [5, 5.41) is 22.1. The minimum atomic E-state index is -0.644. The Morgan fingerprint density at radius 1 is 0.870 bits per heavy atom. The summed E-state index contributed by atoms with van der Waals surface area (Å²) in [6.07, 6.45) is 13.8. The van der Waals surface area contributed by atoms with Gasteiger partial charge in [0.1, 0.15) is 0 Å². The topological polar surface area (TPSA) is 69.6 Å². The molecule has 0 aromatic heterocycles. The van der Waals surface area contributed by atoms with E-state index in [0.717, 1.165) is 19.3 Å². The summed E-state index contributed by atoms with van der Waals surface area (Å²) < 4.78 is 0. The SMILES string of the molecule is CCCCCCCCCCCCC(O)C(CO)NC(=O)CCC. The van der Waals surface area contributed by atoms with Gasteiger partial charge < -0.3 is 15.5 Å². The Kier molecular flexibility index (Phi) is 15.8. The van der Waals surface area contributed by atoms with Crippen LogP contribution in [0.15, 0.2) is 0 Å². The molecule has 0 aliphatic heterocycles. The first kappa shape index (κ1) is 22.4. The molecular formula is C19H39NO3. The quantitative estimate of drug-likeness (QED) is 0.376. The van der Waals surface area contributed by atoms with Crippen molar-refractivity contribution in [3.8, 4) is 0 Å². The van der Waals surface area contributed by atoms with Gasteiger partial charge in [-0.25, -0.2) is 0 Å². The number of rotatable bonds is 16. The van der Waals surface area contributed by atoms with E-state index >= 15 is 0 Å². The van der Waals surface area contributed by atoms with E-state index in [1.54, 1.807) is 0 Å². The van der Waals surface area contributed by atoms with Crippen LogP contribution in [0.25, 0.3) is 0 Å². The first-order valence-corrected chi connectivity index (χ1v) is 9.73. The average Bonchev–Trinajstić information content (AvgIpc) is 2.54. The lowest BCUT2D eigenvalue weighted by atomic mass is 10.0. The second-order valence-corrected chi connectivity index (χ2v) is 6.64. The largest absolute Gasteiger partial charge is 0.394 e. The Balaban J connectivity index is 3.56. The number of nitrogens with one attached hydrogen (secondary N) is 1. The molecule has 0 rings (SSSR count). The van der Waals surface area contributed by atoms with E-state index in [1.807, 2.05) is 6.92 Å². The van der Waals surface area contributed by atoms with E-state index in [-0.39, 0.29) is 12.5 Å². The van der Waals surface area contributed by atoms with Gasteiger partial charge in [-0.05, 0) is 12.8 Å². The Labute approximate surface area is 143 Å². The van der Waals surface area contributed by atoms with Crippen LogP contribution in [0.3, 0.4) is 0 Å². The highest BCUT2D eigenvalue weighted by molar-refractivity contribution is 5.76. The Morgan fingerprint density at radius 2 is 1.39 bits per heavy atom. The molecule has 0 aromatic carbocycles. The maximum Gasteiger partial charge on any atom is 0.220 e. The number of hydrogen-bond donors (Lipinski definition) is 3. The predicted octanol–water partition coefficient (Wildman–Crippen LogP) is 3.94. The van der Waals surface area contributed by atoms with Crippen LogP contribution in [-0.4, -0.2) is 34.9 Å². The number of aliphatic hydroxyl groups is 2. The number of unbranched alkanes of at least 4 members (excludes halogenated alkanes) is 9. The number of aliphatic hydroxyl groups excluding tert-OH is 2. The minimum absolute atomic E-state index is 0.0892. The molecule has 3 N–H and O–H groups in total. The molecule has 1 amide bonds. The molecule has 0 aliphatic carbocycles. The molecule has 0 saturated heterocycles. The summed E-state index contributed by atoms with van der Waals surface area (Å²) in [7, 11) is 0. The van der Waals surface area contributed by atoms with Crippen molar-refractivity contribution in [1.29, 1.82) is 0 Å². The molecule has 4 heteroatoms. The van der Waals surface area contributed by atoms with Crippen LogP contribution in [0.5, 0.6) is 0 Å². The summed E-state index contributed by atoms with van der Waals surface area (Å²) in [5.41, 5.74) is 0. The van der Waals surface area contributed by atoms with Gasteiger partial charge in [0.05, 0.1) is 18.8 Å². The molecule has 0 heterocycles. The lowest BCUT2D eigenvalue weighted by Crippen LogP contribution is -2.45. The zero-order valence-electron chi connectivity index (χ0n) is 15.4. The molecule has 0 fully saturated rings. The molecule has 2 atom stereocenters. The fourth-order valence-electron chi connectivity index (χ4n) is 2.81. The predicted molar refractivity (Wildman–Crippen MR) is 96.4 cm³/mol. The molecule has 0 spiro atoms. The van der Waals surface area contributed by atoms with Crippen LogP contribution in [-0.2, 0) is 4.79 Å². The van der Waals surface area contributed by atoms with Crippen LogP contribution in [0.2, 0.25) is 0 Å². The van der Waals surface area contributed by atoms with Gasteiger partial charge in [-0.1, -0.05) is 78.1 Å². The van der Waals surface area contributed by atoms with Gasteiger partial charge in [-0.15, -0.1) is 0 Å². The fraction of sp³-hybridized carbons (Fsp3) is 0.947. The van der Waals surface area contributed by atoms with Crippen molar-refractivity contribution in [2.24, 2.45) is 0 Å².